The standard InChI is InChI=1S/C19H28F2/c1-5-10-16(2)18(3,15-19(4,20)21)14-13-17-11-8-6-7-9-12-17/h6-9,11H,2,5,10,12-15H2,1,3-4H3. The fourth-order valence-electron chi connectivity index (χ4n) is 2.92. The number of hydrogen-bond acceptors (Lipinski definition) is 0. The van der Waals surface area contributed by atoms with E-state index >= 15 is 0 Å². The Bertz CT molecular complexity index is 435. The third-order valence-corrected chi connectivity index (χ3v) is 4.17. The van der Waals surface area contributed by atoms with Gasteiger partial charge in [-0.05, 0) is 38.0 Å². The van der Waals surface area contributed by atoms with Crippen molar-refractivity contribution in [3.63, 3.8) is 0 Å². The summed E-state index contributed by atoms with van der Waals surface area (Å²) in [6, 6.07) is 0. The van der Waals surface area contributed by atoms with E-state index in [4.69, 9.17) is 0 Å². The summed E-state index contributed by atoms with van der Waals surface area (Å²) < 4.78 is 27.1. The normalized spacial score (nSPS) is 18.0. The van der Waals surface area contributed by atoms with Crippen molar-refractivity contribution in [2.45, 2.75) is 65.2 Å². The Labute approximate surface area is 128 Å². The third kappa shape index (κ3) is 6.41. The molecule has 0 amide bonds. The van der Waals surface area contributed by atoms with Crippen LogP contribution in [0.15, 0.2) is 48.1 Å². The number of halogens is 2. The molecule has 0 aliphatic heterocycles. The monoisotopic (exact) mass is 294 g/mol. The van der Waals surface area contributed by atoms with E-state index in [0.29, 0.717) is 0 Å². The number of allylic oxidation sites excluding steroid dienone is 7. The molecular weight excluding hydrogens is 266 g/mol. The first-order chi connectivity index (χ1) is 9.77. The highest BCUT2D eigenvalue weighted by atomic mass is 19.3. The van der Waals surface area contributed by atoms with Gasteiger partial charge in [0.15, 0.2) is 0 Å². The number of alkyl halides is 2. The van der Waals surface area contributed by atoms with E-state index in [1.807, 2.05) is 25.2 Å². The van der Waals surface area contributed by atoms with Crippen LogP contribution in [0.4, 0.5) is 8.78 Å². The van der Waals surface area contributed by atoms with Gasteiger partial charge in [0.25, 0.3) is 0 Å². The van der Waals surface area contributed by atoms with Crippen LogP contribution in [-0.4, -0.2) is 5.92 Å². The van der Waals surface area contributed by atoms with Gasteiger partial charge in [0, 0.05) is 6.42 Å². The van der Waals surface area contributed by atoms with E-state index < -0.39 is 11.3 Å². The van der Waals surface area contributed by atoms with E-state index in [-0.39, 0.29) is 6.42 Å². The maximum Gasteiger partial charge on any atom is 0.246 e. The maximum atomic E-state index is 13.6. The molecular formula is C19H28F2. The Hall–Kier alpha value is -1.18. The van der Waals surface area contributed by atoms with Gasteiger partial charge in [-0.1, -0.05) is 68.4 Å². The van der Waals surface area contributed by atoms with Crippen molar-refractivity contribution in [1.29, 1.82) is 0 Å². The Morgan fingerprint density at radius 2 is 1.95 bits per heavy atom. The Balaban J connectivity index is 2.77. The van der Waals surface area contributed by atoms with Crippen molar-refractivity contribution in [2.75, 3.05) is 0 Å². The van der Waals surface area contributed by atoms with Crippen LogP contribution in [-0.2, 0) is 0 Å². The second-order valence-electron chi connectivity index (χ2n) is 6.50. The Kier molecular flexibility index (Phi) is 6.57. The molecule has 0 bridgehead atoms. The summed E-state index contributed by atoms with van der Waals surface area (Å²) in [5.41, 5.74) is 1.77. The van der Waals surface area contributed by atoms with Crippen molar-refractivity contribution < 1.29 is 8.78 Å². The molecule has 1 unspecified atom stereocenters. The number of rotatable bonds is 8. The average molecular weight is 294 g/mol. The molecule has 0 heterocycles. The fourth-order valence-corrected chi connectivity index (χ4v) is 2.92. The van der Waals surface area contributed by atoms with Crippen molar-refractivity contribution in [3.8, 4) is 0 Å². The highest BCUT2D eigenvalue weighted by Crippen LogP contribution is 2.43. The zero-order valence-electron chi connectivity index (χ0n) is 13.6. The molecule has 0 spiro atoms. The SMILES string of the molecule is C=C(CCC)C(C)(CCC1=CC=CC=CC1)CC(C)(F)F. The summed E-state index contributed by atoms with van der Waals surface area (Å²) in [6.45, 7) is 9.14. The minimum absolute atomic E-state index is 0.113. The Morgan fingerprint density at radius 1 is 1.24 bits per heavy atom. The quantitative estimate of drug-likeness (QED) is 0.441. The van der Waals surface area contributed by atoms with E-state index in [1.165, 1.54) is 5.57 Å². The van der Waals surface area contributed by atoms with Crippen molar-refractivity contribution >= 4 is 0 Å². The highest BCUT2D eigenvalue weighted by molar-refractivity contribution is 5.24. The topological polar surface area (TPSA) is 0 Å². The van der Waals surface area contributed by atoms with Gasteiger partial charge < -0.3 is 0 Å². The van der Waals surface area contributed by atoms with Crippen LogP contribution >= 0.6 is 0 Å². The molecule has 0 radical (unpaired) electrons. The largest absolute Gasteiger partial charge is 0.246 e. The molecule has 0 fully saturated rings. The first kappa shape index (κ1) is 17.9. The smallest absolute Gasteiger partial charge is 0.207 e. The van der Waals surface area contributed by atoms with Crippen LogP contribution in [0, 0.1) is 5.41 Å². The Morgan fingerprint density at radius 3 is 2.57 bits per heavy atom. The molecule has 1 aliphatic rings. The first-order valence-corrected chi connectivity index (χ1v) is 7.84. The van der Waals surface area contributed by atoms with Crippen molar-refractivity contribution in [3.05, 3.63) is 48.1 Å². The minimum Gasteiger partial charge on any atom is -0.207 e. The van der Waals surface area contributed by atoms with Gasteiger partial charge in [0.05, 0.1) is 0 Å². The van der Waals surface area contributed by atoms with Gasteiger partial charge >= 0.3 is 0 Å². The predicted molar refractivity (Wildman–Crippen MR) is 87.6 cm³/mol. The summed E-state index contributed by atoms with van der Waals surface area (Å²) in [4.78, 5) is 0. The third-order valence-electron chi connectivity index (χ3n) is 4.17. The molecule has 0 saturated carbocycles. The summed E-state index contributed by atoms with van der Waals surface area (Å²) >= 11 is 0. The average Bonchev–Trinajstić information content (AvgIpc) is 2.63. The fraction of sp³-hybridized carbons (Fsp3) is 0.579. The first-order valence-electron chi connectivity index (χ1n) is 7.84. The van der Waals surface area contributed by atoms with Gasteiger partial charge in [0.2, 0.25) is 5.92 Å². The van der Waals surface area contributed by atoms with Gasteiger partial charge in [0.1, 0.15) is 0 Å². The molecule has 1 atom stereocenters. The lowest BCUT2D eigenvalue weighted by Crippen LogP contribution is -2.28. The molecule has 0 nitrogen and oxygen atoms in total. The summed E-state index contributed by atoms with van der Waals surface area (Å²) in [6.07, 6.45) is 14.4. The second-order valence-corrected chi connectivity index (χ2v) is 6.50. The molecule has 0 saturated heterocycles. The predicted octanol–water partition coefficient (Wildman–Crippen LogP) is 6.62. The minimum atomic E-state index is -2.65. The molecule has 2 heteroatoms. The lowest BCUT2D eigenvalue weighted by molar-refractivity contribution is -0.0193. The van der Waals surface area contributed by atoms with Crippen LogP contribution in [0.1, 0.15) is 59.3 Å². The zero-order chi connectivity index (χ0) is 15.9. The van der Waals surface area contributed by atoms with Gasteiger partial charge in [-0.25, -0.2) is 8.78 Å². The van der Waals surface area contributed by atoms with E-state index in [9.17, 15) is 8.78 Å². The van der Waals surface area contributed by atoms with E-state index in [0.717, 1.165) is 44.6 Å². The summed E-state index contributed by atoms with van der Waals surface area (Å²) in [5, 5.41) is 0. The maximum absolute atomic E-state index is 13.6. The van der Waals surface area contributed by atoms with Crippen LogP contribution in [0.5, 0.6) is 0 Å². The highest BCUT2D eigenvalue weighted by Gasteiger charge is 2.36. The van der Waals surface area contributed by atoms with Crippen LogP contribution in [0.2, 0.25) is 0 Å². The molecule has 0 aromatic carbocycles. The molecule has 0 N–H and O–H groups in total. The van der Waals surface area contributed by atoms with Crippen LogP contribution < -0.4 is 0 Å². The van der Waals surface area contributed by atoms with Gasteiger partial charge in [-0.2, -0.15) is 0 Å². The van der Waals surface area contributed by atoms with Crippen molar-refractivity contribution in [1.82, 2.24) is 0 Å². The van der Waals surface area contributed by atoms with Crippen molar-refractivity contribution in [2.24, 2.45) is 5.41 Å². The van der Waals surface area contributed by atoms with E-state index in [1.54, 1.807) is 0 Å². The summed E-state index contributed by atoms with van der Waals surface area (Å²) in [7, 11) is 0. The summed E-state index contributed by atoms with van der Waals surface area (Å²) in [5.74, 6) is -2.65. The molecule has 1 aliphatic carbocycles. The van der Waals surface area contributed by atoms with E-state index in [2.05, 4.69) is 25.7 Å². The van der Waals surface area contributed by atoms with Gasteiger partial charge in [-0.15, -0.1) is 0 Å². The zero-order valence-corrected chi connectivity index (χ0v) is 13.6. The second kappa shape index (κ2) is 7.72. The molecule has 0 aromatic rings. The molecule has 118 valence electrons. The molecule has 21 heavy (non-hydrogen) atoms. The van der Waals surface area contributed by atoms with Crippen LogP contribution in [0.3, 0.4) is 0 Å². The lowest BCUT2D eigenvalue weighted by atomic mass is 9.72. The molecule has 1 rings (SSSR count). The van der Waals surface area contributed by atoms with Crippen LogP contribution in [0.25, 0.3) is 0 Å². The lowest BCUT2D eigenvalue weighted by Gasteiger charge is -2.35. The number of hydrogen-bond donors (Lipinski definition) is 0. The molecule has 0 aromatic heterocycles. The van der Waals surface area contributed by atoms with Gasteiger partial charge in [-0.3, -0.25) is 0 Å².